The molecule has 0 aliphatic rings. The third kappa shape index (κ3) is 4.85. The molecule has 3 aromatic carbocycles. The van der Waals surface area contributed by atoms with Crippen LogP contribution in [0.4, 0.5) is 0 Å². The maximum Gasteiger partial charge on any atom is 0.309 e. The number of hydrogen-bond acceptors (Lipinski definition) is 4. The van der Waals surface area contributed by atoms with Crippen LogP contribution in [-0.4, -0.2) is 22.1 Å². The Bertz CT molecular complexity index is 1120. The molecule has 30 heavy (non-hydrogen) atoms. The van der Waals surface area contributed by atoms with E-state index < -0.39 is 5.91 Å². The summed E-state index contributed by atoms with van der Waals surface area (Å²) in [5.74, 6) is -0.415. The maximum atomic E-state index is 12.7. The van der Waals surface area contributed by atoms with Crippen LogP contribution in [0.25, 0.3) is 22.5 Å². The minimum atomic E-state index is -0.474. The van der Waals surface area contributed by atoms with Crippen LogP contribution in [0.1, 0.15) is 16.2 Å². The van der Waals surface area contributed by atoms with Gasteiger partial charge in [0.1, 0.15) is 0 Å². The van der Waals surface area contributed by atoms with E-state index in [1.165, 1.54) is 0 Å². The van der Waals surface area contributed by atoms with E-state index in [-0.39, 0.29) is 5.82 Å². The van der Waals surface area contributed by atoms with Gasteiger partial charge in [0.25, 0.3) is 0 Å². The highest BCUT2D eigenvalue weighted by Crippen LogP contribution is 2.23. The van der Waals surface area contributed by atoms with Crippen molar-refractivity contribution in [3.63, 3.8) is 0 Å². The SMILES string of the molecule is O=C(N/N=C\c1ccc(Br)cc1)c1nc(-c2ccccc2)cc(-c2ccccc2)n1. The molecule has 0 radical (unpaired) electrons. The zero-order valence-corrected chi connectivity index (χ0v) is 17.5. The lowest BCUT2D eigenvalue weighted by Gasteiger charge is -2.08. The minimum Gasteiger partial charge on any atom is -0.264 e. The second-order valence-corrected chi connectivity index (χ2v) is 7.36. The van der Waals surface area contributed by atoms with Crippen LogP contribution in [-0.2, 0) is 0 Å². The molecular formula is C24H17BrN4O. The minimum absolute atomic E-state index is 0.0585. The van der Waals surface area contributed by atoms with Gasteiger partial charge in [-0.05, 0) is 23.8 Å². The summed E-state index contributed by atoms with van der Waals surface area (Å²) in [5, 5.41) is 4.03. The number of carbonyl (C=O) groups is 1. The predicted molar refractivity (Wildman–Crippen MR) is 122 cm³/mol. The molecule has 1 aromatic heterocycles. The van der Waals surface area contributed by atoms with Crippen LogP contribution in [0.15, 0.2) is 101 Å². The van der Waals surface area contributed by atoms with E-state index in [0.717, 1.165) is 21.2 Å². The molecule has 0 saturated heterocycles. The molecule has 146 valence electrons. The van der Waals surface area contributed by atoms with Gasteiger partial charge in [0.2, 0.25) is 5.82 Å². The van der Waals surface area contributed by atoms with E-state index in [4.69, 9.17) is 0 Å². The zero-order valence-electron chi connectivity index (χ0n) is 15.9. The number of nitrogens with one attached hydrogen (secondary N) is 1. The average Bonchev–Trinajstić information content (AvgIpc) is 2.81. The van der Waals surface area contributed by atoms with Gasteiger partial charge in [-0.2, -0.15) is 5.10 Å². The summed E-state index contributed by atoms with van der Waals surface area (Å²) < 4.78 is 0.975. The summed E-state index contributed by atoms with van der Waals surface area (Å²) in [6.45, 7) is 0. The first-order valence-corrected chi connectivity index (χ1v) is 10.1. The van der Waals surface area contributed by atoms with Crippen molar-refractivity contribution in [2.45, 2.75) is 0 Å². The first-order valence-electron chi connectivity index (χ1n) is 9.28. The van der Waals surface area contributed by atoms with Gasteiger partial charge in [-0.3, -0.25) is 4.79 Å². The molecule has 0 fully saturated rings. The van der Waals surface area contributed by atoms with E-state index in [2.05, 4.69) is 36.4 Å². The summed E-state index contributed by atoms with van der Waals surface area (Å²) in [7, 11) is 0. The van der Waals surface area contributed by atoms with Crippen molar-refractivity contribution in [2.24, 2.45) is 5.10 Å². The molecule has 4 aromatic rings. The second kappa shape index (κ2) is 9.24. The van der Waals surface area contributed by atoms with Crippen molar-refractivity contribution < 1.29 is 4.79 Å². The topological polar surface area (TPSA) is 67.2 Å². The molecule has 0 aliphatic carbocycles. The summed E-state index contributed by atoms with van der Waals surface area (Å²) in [5.41, 5.74) is 6.54. The van der Waals surface area contributed by atoms with E-state index >= 15 is 0 Å². The van der Waals surface area contributed by atoms with Crippen molar-refractivity contribution >= 4 is 28.1 Å². The Morgan fingerprint density at radius 2 is 1.33 bits per heavy atom. The molecule has 5 nitrogen and oxygen atoms in total. The van der Waals surface area contributed by atoms with Crippen molar-refractivity contribution in [3.8, 4) is 22.5 Å². The smallest absolute Gasteiger partial charge is 0.264 e. The first kappa shape index (κ1) is 19.7. The highest BCUT2D eigenvalue weighted by atomic mass is 79.9. The van der Waals surface area contributed by atoms with Crippen LogP contribution in [0.5, 0.6) is 0 Å². The van der Waals surface area contributed by atoms with Crippen LogP contribution in [0.3, 0.4) is 0 Å². The Labute approximate surface area is 182 Å². The maximum absolute atomic E-state index is 12.7. The van der Waals surface area contributed by atoms with Crippen molar-refractivity contribution in [1.29, 1.82) is 0 Å². The lowest BCUT2D eigenvalue weighted by atomic mass is 10.1. The molecule has 0 bridgehead atoms. The summed E-state index contributed by atoms with van der Waals surface area (Å²) in [6.07, 6.45) is 1.57. The van der Waals surface area contributed by atoms with E-state index in [1.807, 2.05) is 91.0 Å². The number of hydrazone groups is 1. The Morgan fingerprint density at radius 1 is 0.800 bits per heavy atom. The van der Waals surface area contributed by atoms with Gasteiger partial charge in [0.15, 0.2) is 0 Å². The van der Waals surface area contributed by atoms with E-state index in [9.17, 15) is 4.79 Å². The number of benzene rings is 3. The molecule has 1 amide bonds. The molecule has 0 unspecified atom stereocenters. The quantitative estimate of drug-likeness (QED) is 0.325. The van der Waals surface area contributed by atoms with Gasteiger partial charge in [-0.1, -0.05) is 88.7 Å². The largest absolute Gasteiger partial charge is 0.309 e. The number of hydrogen-bond donors (Lipinski definition) is 1. The first-order chi connectivity index (χ1) is 14.7. The molecule has 0 aliphatic heterocycles. The Hall–Kier alpha value is -3.64. The average molecular weight is 457 g/mol. The van der Waals surface area contributed by atoms with E-state index in [1.54, 1.807) is 6.21 Å². The number of amides is 1. The number of carbonyl (C=O) groups excluding carboxylic acids is 1. The number of rotatable bonds is 5. The van der Waals surface area contributed by atoms with Crippen molar-refractivity contribution in [1.82, 2.24) is 15.4 Å². The summed E-state index contributed by atoms with van der Waals surface area (Å²) >= 11 is 3.39. The molecule has 0 saturated carbocycles. The van der Waals surface area contributed by atoms with Crippen LogP contribution >= 0.6 is 15.9 Å². The third-order valence-corrected chi connectivity index (χ3v) is 4.85. The highest BCUT2D eigenvalue weighted by Gasteiger charge is 2.14. The standard InChI is InChI=1S/C24H17BrN4O/c25-20-13-11-17(12-14-20)16-26-29-24(30)23-27-21(18-7-3-1-4-8-18)15-22(28-23)19-9-5-2-6-10-19/h1-16H,(H,29,30)/b26-16-. The molecule has 6 heteroatoms. The van der Waals surface area contributed by atoms with Gasteiger partial charge in [0, 0.05) is 15.6 Å². The Kier molecular flexibility index (Phi) is 6.06. The Morgan fingerprint density at radius 3 is 1.87 bits per heavy atom. The summed E-state index contributed by atoms with van der Waals surface area (Å²) in [4.78, 5) is 21.6. The van der Waals surface area contributed by atoms with Crippen molar-refractivity contribution in [2.75, 3.05) is 0 Å². The van der Waals surface area contributed by atoms with Crippen LogP contribution in [0, 0.1) is 0 Å². The molecule has 1 N–H and O–H groups in total. The highest BCUT2D eigenvalue weighted by molar-refractivity contribution is 9.10. The number of halogens is 1. The molecular weight excluding hydrogens is 440 g/mol. The lowest BCUT2D eigenvalue weighted by molar-refractivity contribution is 0.0945. The molecule has 0 spiro atoms. The van der Waals surface area contributed by atoms with Gasteiger partial charge in [-0.15, -0.1) is 0 Å². The zero-order chi connectivity index (χ0) is 20.8. The normalized spacial score (nSPS) is 10.8. The van der Waals surface area contributed by atoms with E-state index in [0.29, 0.717) is 11.4 Å². The number of aromatic nitrogens is 2. The third-order valence-electron chi connectivity index (χ3n) is 4.32. The summed E-state index contributed by atoms with van der Waals surface area (Å²) in [6, 6.07) is 28.9. The molecule has 1 heterocycles. The fourth-order valence-corrected chi connectivity index (χ4v) is 3.09. The predicted octanol–water partition coefficient (Wildman–Crippen LogP) is 5.34. The van der Waals surface area contributed by atoms with Gasteiger partial charge in [-0.25, -0.2) is 15.4 Å². The van der Waals surface area contributed by atoms with Gasteiger partial charge in [0.05, 0.1) is 17.6 Å². The lowest BCUT2D eigenvalue weighted by Crippen LogP contribution is -2.21. The fraction of sp³-hybridized carbons (Fsp3) is 0. The Balaban J connectivity index is 1.64. The molecule has 4 rings (SSSR count). The monoisotopic (exact) mass is 456 g/mol. The van der Waals surface area contributed by atoms with Crippen LogP contribution in [0.2, 0.25) is 0 Å². The van der Waals surface area contributed by atoms with Gasteiger partial charge < -0.3 is 0 Å². The fourth-order valence-electron chi connectivity index (χ4n) is 2.83. The van der Waals surface area contributed by atoms with Crippen LogP contribution < -0.4 is 5.43 Å². The number of nitrogens with zero attached hydrogens (tertiary/aromatic N) is 3. The van der Waals surface area contributed by atoms with Gasteiger partial charge >= 0.3 is 5.91 Å². The second-order valence-electron chi connectivity index (χ2n) is 6.44. The molecule has 0 atom stereocenters. The van der Waals surface area contributed by atoms with Crippen molar-refractivity contribution in [3.05, 3.63) is 107 Å².